The Morgan fingerprint density at radius 3 is 2.60 bits per heavy atom. The highest BCUT2D eigenvalue weighted by molar-refractivity contribution is 6.30. The van der Waals surface area contributed by atoms with Gasteiger partial charge < -0.3 is 20.0 Å². The van der Waals surface area contributed by atoms with Gasteiger partial charge in [0.2, 0.25) is 5.91 Å². The molecule has 0 radical (unpaired) electrons. The number of hydrogen-bond donors (Lipinski definition) is 2. The highest BCUT2D eigenvalue weighted by atomic mass is 35.5. The molecule has 4 rings (SSSR count). The van der Waals surface area contributed by atoms with Gasteiger partial charge in [-0.25, -0.2) is 18.0 Å². The van der Waals surface area contributed by atoms with Gasteiger partial charge in [-0.3, -0.25) is 19.7 Å². The van der Waals surface area contributed by atoms with Crippen LogP contribution in [-0.2, 0) is 20.7 Å². The van der Waals surface area contributed by atoms with E-state index in [1.807, 2.05) is 0 Å². The number of hydrogen-bond acceptors (Lipinski definition) is 6. The van der Waals surface area contributed by atoms with E-state index in [1.54, 1.807) is 0 Å². The molecule has 2 amide bonds. The van der Waals surface area contributed by atoms with Gasteiger partial charge in [0.15, 0.2) is 0 Å². The first-order valence-corrected chi connectivity index (χ1v) is 12.6. The molecule has 2 N–H and O–H groups in total. The van der Waals surface area contributed by atoms with Crippen molar-refractivity contribution in [1.82, 2.24) is 14.9 Å². The van der Waals surface area contributed by atoms with Crippen molar-refractivity contribution < 1.29 is 37.4 Å². The van der Waals surface area contributed by atoms with Crippen LogP contribution < -0.4 is 5.32 Å². The number of carboxylic acid groups (broad SMARTS) is 1. The van der Waals surface area contributed by atoms with Crippen molar-refractivity contribution in [1.29, 1.82) is 0 Å². The molecule has 2 aromatic heterocycles. The van der Waals surface area contributed by atoms with Crippen molar-refractivity contribution in [2.75, 3.05) is 18.5 Å². The van der Waals surface area contributed by atoms with E-state index in [9.17, 15) is 32.7 Å². The number of aldehydes is 1. The van der Waals surface area contributed by atoms with Gasteiger partial charge in [-0.05, 0) is 42.2 Å². The molecule has 40 heavy (non-hydrogen) atoms. The summed E-state index contributed by atoms with van der Waals surface area (Å²) in [5.74, 6) is -3.43. The molecule has 3 aromatic rings. The van der Waals surface area contributed by atoms with Crippen LogP contribution >= 0.6 is 11.6 Å². The second kappa shape index (κ2) is 12.9. The Kier molecular flexibility index (Phi) is 9.33. The molecule has 1 aliphatic heterocycles. The number of rotatable bonds is 9. The number of halogens is 4. The average molecular weight is 577 g/mol. The monoisotopic (exact) mass is 576 g/mol. The number of aromatic nitrogens is 2. The Balaban J connectivity index is 1.50. The summed E-state index contributed by atoms with van der Waals surface area (Å²) < 4.78 is 48.5. The molecule has 3 atom stereocenters. The van der Waals surface area contributed by atoms with Crippen LogP contribution in [0, 0.1) is 17.5 Å². The summed E-state index contributed by atoms with van der Waals surface area (Å²) in [6.07, 6.45) is 3.22. The molecule has 3 unspecified atom stereocenters. The highest BCUT2D eigenvalue weighted by Gasteiger charge is 2.32. The molecular formula is C27H24ClF3N4O5. The van der Waals surface area contributed by atoms with Gasteiger partial charge >= 0.3 is 6.09 Å². The van der Waals surface area contributed by atoms with Gasteiger partial charge in [-0.2, -0.15) is 0 Å². The third-order valence-electron chi connectivity index (χ3n) is 6.57. The van der Waals surface area contributed by atoms with E-state index >= 15 is 0 Å². The fourth-order valence-corrected chi connectivity index (χ4v) is 4.65. The van der Waals surface area contributed by atoms with Crippen LogP contribution in [0.25, 0.3) is 0 Å². The number of benzene rings is 1. The molecular weight excluding hydrogens is 553 g/mol. The van der Waals surface area contributed by atoms with Crippen LogP contribution in [0.15, 0.2) is 49.1 Å². The summed E-state index contributed by atoms with van der Waals surface area (Å²) in [5.41, 5.74) is 0.876. The number of amides is 2. The Morgan fingerprint density at radius 2 is 1.90 bits per heavy atom. The maximum absolute atomic E-state index is 14.8. The lowest BCUT2D eigenvalue weighted by molar-refractivity contribution is -0.121. The lowest BCUT2D eigenvalue weighted by Gasteiger charge is -2.35. The van der Waals surface area contributed by atoms with Gasteiger partial charge in [0.1, 0.15) is 29.8 Å². The molecule has 0 aliphatic carbocycles. The first kappa shape index (κ1) is 29.0. The molecule has 0 saturated carbocycles. The van der Waals surface area contributed by atoms with Gasteiger partial charge in [0.05, 0.1) is 48.6 Å². The second-order valence-electron chi connectivity index (χ2n) is 9.19. The number of pyridine rings is 2. The lowest BCUT2D eigenvalue weighted by Crippen LogP contribution is -2.52. The number of carbonyl (C=O) groups excluding carboxylic acids is 2. The van der Waals surface area contributed by atoms with Crippen LogP contribution in [0.2, 0.25) is 5.02 Å². The van der Waals surface area contributed by atoms with Crippen molar-refractivity contribution in [3.8, 4) is 0 Å². The van der Waals surface area contributed by atoms with E-state index in [0.717, 1.165) is 23.4 Å². The summed E-state index contributed by atoms with van der Waals surface area (Å²) in [6.45, 7) is -0.196. The molecule has 13 heteroatoms. The normalized spacial score (nSPS) is 17.8. The largest absolute Gasteiger partial charge is 0.465 e. The van der Waals surface area contributed by atoms with Gasteiger partial charge in [-0.1, -0.05) is 17.7 Å². The number of morpholine rings is 1. The second-order valence-corrected chi connectivity index (χ2v) is 9.60. The van der Waals surface area contributed by atoms with Crippen molar-refractivity contribution in [2.45, 2.75) is 37.3 Å². The summed E-state index contributed by atoms with van der Waals surface area (Å²) in [6, 6.07) is 4.26. The molecule has 0 spiro atoms. The zero-order valence-corrected chi connectivity index (χ0v) is 21.7. The van der Waals surface area contributed by atoms with Crippen molar-refractivity contribution in [3.63, 3.8) is 0 Å². The third kappa shape index (κ3) is 6.93. The van der Waals surface area contributed by atoms with Gasteiger partial charge in [0, 0.05) is 24.1 Å². The van der Waals surface area contributed by atoms with E-state index in [-0.39, 0.29) is 48.7 Å². The number of nitrogens with zero attached hydrogens (tertiary/aromatic N) is 3. The van der Waals surface area contributed by atoms with Gasteiger partial charge in [0.25, 0.3) is 0 Å². The minimum atomic E-state index is -1.27. The summed E-state index contributed by atoms with van der Waals surface area (Å²) in [7, 11) is 0. The first-order valence-electron chi connectivity index (χ1n) is 12.2. The Labute approximate surface area is 231 Å². The predicted molar refractivity (Wildman–Crippen MR) is 138 cm³/mol. The van der Waals surface area contributed by atoms with E-state index in [0.29, 0.717) is 17.4 Å². The zero-order valence-electron chi connectivity index (χ0n) is 20.9. The molecule has 3 heterocycles. The molecule has 1 saturated heterocycles. The Hall–Kier alpha value is -4.03. The molecule has 1 fully saturated rings. The van der Waals surface area contributed by atoms with Crippen molar-refractivity contribution in [2.24, 2.45) is 0 Å². The minimum Gasteiger partial charge on any atom is -0.465 e. The van der Waals surface area contributed by atoms with Crippen LogP contribution in [0.1, 0.15) is 35.4 Å². The topological polar surface area (TPSA) is 122 Å². The van der Waals surface area contributed by atoms with Crippen LogP contribution in [0.5, 0.6) is 0 Å². The number of anilines is 1. The molecule has 1 aromatic carbocycles. The Bertz CT molecular complexity index is 1410. The van der Waals surface area contributed by atoms with E-state index in [4.69, 9.17) is 16.3 Å². The molecule has 0 bridgehead atoms. The third-order valence-corrected chi connectivity index (χ3v) is 6.87. The fourth-order valence-electron chi connectivity index (χ4n) is 4.53. The van der Waals surface area contributed by atoms with Gasteiger partial charge in [-0.15, -0.1) is 0 Å². The van der Waals surface area contributed by atoms with E-state index in [2.05, 4.69) is 15.3 Å². The Morgan fingerprint density at radius 1 is 1.12 bits per heavy atom. The van der Waals surface area contributed by atoms with Crippen LogP contribution in [0.4, 0.5) is 23.7 Å². The van der Waals surface area contributed by atoms with Crippen molar-refractivity contribution >= 4 is 35.6 Å². The standard InChI is InChI=1S/C27H24ClF3N4O5/c28-22-4-1-15(6-23(22)30)21(16-5-17(29)9-32-8-16)7-26(37)34-25-11-33-10-24(31)20(25)3-2-19-12-35(27(38)39)18(13-36)14-40-19/h1,4-6,8-11,13,18-19,21H,2-3,7,12,14H2,(H,34,37)(H,38,39). The maximum Gasteiger partial charge on any atom is 0.408 e. The maximum atomic E-state index is 14.8. The number of nitrogens with one attached hydrogen (secondary N) is 1. The molecule has 210 valence electrons. The van der Waals surface area contributed by atoms with E-state index < -0.39 is 47.5 Å². The zero-order chi connectivity index (χ0) is 28.8. The molecule has 9 nitrogen and oxygen atoms in total. The summed E-state index contributed by atoms with van der Waals surface area (Å²) >= 11 is 5.80. The number of ether oxygens (including phenoxy) is 1. The highest BCUT2D eigenvalue weighted by Crippen LogP contribution is 2.31. The predicted octanol–water partition coefficient (Wildman–Crippen LogP) is 4.59. The van der Waals surface area contributed by atoms with Crippen molar-refractivity contribution in [3.05, 3.63) is 88.2 Å². The fraction of sp³-hybridized carbons (Fsp3) is 0.296. The first-order chi connectivity index (χ1) is 19.2. The van der Waals surface area contributed by atoms with Crippen LogP contribution in [-0.4, -0.2) is 63.6 Å². The average Bonchev–Trinajstić information content (AvgIpc) is 2.93. The quantitative estimate of drug-likeness (QED) is 0.357. The van der Waals surface area contributed by atoms with Crippen LogP contribution in [0.3, 0.4) is 0 Å². The molecule has 1 aliphatic rings. The summed E-state index contributed by atoms with van der Waals surface area (Å²) in [5, 5.41) is 11.9. The number of carbonyl (C=O) groups is 3. The summed E-state index contributed by atoms with van der Waals surface area (Å²) in [4.78, 5) is 44.3. The smallest absolute Gasteiger partial charge is 0.408 e. The minimum absolute atomic E-state index is 0.0630. The SMILES string of the molecule is O=CC1COC(CCc2c(F)cncc2NC(=O)CC(c2cncc(F)c2)c2ccc(Cl)c(F)c2)CN1C(=O)O. The van der Waals surface area contributed by atoms with E-state index in [1.165, 1.54) is 30.6 Å². The lowest BCUT2D eigenvalue weighted by atomic mass is 9.89.